The zero-order valence-electron chi connectivity index (χ0n) is 20.3. The second-order valence-electron chi connectivity index (χ2n) is 11.2. The molecule has 1 saturated heterocycles. The molecule has 2 aromatic rings. The summed E-state index contributed by atoms with van der Waals surface area (Å²) in [5, 5.41) is 3.48. The fourth-order valence-electron chi connectivity index (χ4n) is 7.53. The smallest absolute Gasteiger partial charge is 0.328 e. The van der Waals surface area contributed by atoms with Gasteiger partial charge >= 0.3 is 5.69 Å². The number of benzene rings is 1. The van der Waals surface area contributed by atoms with E-state index in [2.05, 4.69) is 45.1 Å². The number of aryl methyl sites for hydroxylation is 3. The highest BCUT2D eigenvalue weighted by Gasteiger charge is 2.68. The predicted molar refractivity (Wildman–Crippen MR) is 125 cm³/mol. The summed E-state index contributed by atoms with van der Waals surface area (Å²) < 4.78 is 9.94. The highest BCUT2D eigenvalue weighted by atomic mass is 16.5. The molecule has 174 valence electrons. The van der Waals surface area contributed by atoms with Gasteiger partial charge in [-0.15, -0.1) is 0 Å². The average Bonchev–Trinajstić information content (AvgIpc) is 3.31. The van der Waals surface area contributed by atoms with Crippen molar-refractivity contribution in [3.8, 4) is 0 Å². The summed E-state index contributed by atoms with van der Waals surface area (Å²) in [5.41, 5.74) is 4.48. The van der Waals surface area contributed by atoms with E-state index in [-0.39, 0.29) is 34.6 Å². The first-order valence-corrected chi connectivity index (χ1v) is 12.2. The summed E-state index contributed by atoms with van der Waals surface area (Å²) in [6.45, 7) is 9.61. The van der Waals surface area contributed by atoms with E-state index >= 15 is 0 Å². The molecule has 1 amide bonds. The molecular weight excluding hydrogens is 402 g/mol. The third-order valence-corrected chi connectivity index (χ3v) is 9.25. The molecule has 6 nitrogen and oxygen atoms in total. The molecule has 1 aromatic carbocycles. The van der Waals surface area contributed by atoms with Gasteiger partial charge in [-0.1, -0.05) is 20.8 Å². The molecule has 1 aromatic heterocycles. The molecule has 32 heavy (non-hydrogen) atoms. The number of carbonyl (C=O) groups excluding carboxylic acids is 1. The molecule has 3 fully saturated rings. The number of fused-ring (bicyclic) bond motifs is 2. The van der Waals surface area contributed by atoms with Crippen molar-refractivity contribution in [2.45, 2.75) is 71.9 Å². The molecule has 0 radical (unpaired) electrons. The van der Waals surface area contributed by atoms with E-state index < -0.39 is 0 Å². The first-order chi connectivity index (χ1) is 15.1. The molecule has 1 spiro atoms. The number of amides is 1. The van der Waals surface area contributed by atoms with Crippen LogP contribution < -0.4 is 11.0 Å². The summed E-state index contributed by atoms with van der Waals surface area (Å²) in [6, 6.07) is 4.50. The first-order valence-electron chi connectivity index (χ1n) is 12.2. The molecule has 2 saturated carbocycles. The minimum absolute atomic E-state index is 0.00189. The van der Waals surface area contributed by atoms with Gasteiger partial charge < -0.3 is 10.1 Å². The number of rotatable bonds is 4. The molecule has 3 aliphatic rings. The predicted octanol–water partition coefficient (Wildman–Crippen LogP) is 3.98. The van der Waals surface area contributed by atoms with Crippen molar-refractivity contribution >= 4 is 16.9 Å². The van der Waals surface area contributed by atoms with Gasteiger partial charge in [-0.25, -0.2) is 4.79 Å². The van der Waals surface area contributed by atoms with Crippen LogP contribution in [-0.4, -0.2) is 27.7 Å². The normalized spacial score (nSPS) is 32.9. The molecule has 2 bridgehead atoms. The second-order valence-corrected chi connectivity index (χ2v) is 11.2. The van der Waals surface area contributed by atoms with Gasteiger partial charge in [-0.2, -0.15) is 0 Å². The fourth-order valence-corrected chi connectivity index (χ4v) is 7.53. The fraction of sp³-hybridized carbons (Fsp3) is 0.692. The standard InChI is InChI=1S/C26H37N3O3/c1-7-8-21(30)27-23-25(3,4)16-12-18-22(32-10-9-26(18,23)14-16)17-13-20-19(11-15(17)2)28(5)24(31)29(20)6/h11,13,16,18,22-23H,7-10,12,14H2,1-6H3,(H,27,30)/t16-,18-,22-,23-,26?/m1/s1. The molecule has 5 atom stereocenters. The van der Waals surface area contributed by atoms with Crippen molar-refractivity contribution in [3.05, 3.63) is 33.7 Å². The molecule has 1 N–H and O–H groups in total. The topological polar surface area (TPSA) is 65.3 Å². The van der Waals surface area contributed by atoms with Crippen LogP contribution in [0.15, 0.2) is 16.9 Å². The lowest BCUT2D eigenvalue weighted by Crippen LogP contribution is -2.58. The van der Waals surface area contributed by atoms with Gasteiger partial charge in [0.25, 0.3) is 0 Å². The van der Waals surface area contributed by atoms with E-state index in [0.717, 1.165) is 36.9 Å². The summed E-state index contributed by atoms with van der Waals surface area (Å²) >= 11 is 0. The lowest BCUT2D eigenvalue weighted by Gasteiger charge is -2.53. The van der Waals surface area contributed by atoms with E-state index in [9.17, 15) is 9.59 Å². The Kier molecular flexibility index (Phi) is 4.90. The van der Waals surface area contributed by atoms with Crippen molar-refractivity contribution in [1.29, 1.82) is 0 Å². The SMILES string of the molecule is CCCC(=O)N[C@@H]1C(C)(C)[C@@H]2C[C@@H]3[C@@H](c4cc5c(cc4C)n(C)c(=O)n5C)OCCC31C2. The van der Waals surface area contributed by atoms with E-state index in [1.165, 1.54) is 17.5 Å². The number of nitrogens with one attached hydrogen (secondary N) is 1. The van der Waals surface area contributed by atoms with E-state index in [1.54, 1.807) is 9.13 Å². The number of imidazole rings is 1. The third kappa shape index (κ3) is 2.81. The Morgan fingerprint density at radius 1 is 1.22 bits per heavy atom. The van der Waals surface area contributed by atoms with Gasteiger partial charge in [0.1, 0.15) is 0 Å². The van der Waals surface area contributed by atoms with Crippen LogP contribution >= 0.6 is 0 Å². The summed E-state index contributed by atoms with van der Waals surface area (Å²) in [5.74, 6) is 1.16. The maximum Gasteiger partial charge on any atom is 0.328 e. The van der Waals surface area contributed by atoms with Crippen LogP contribution in [0.2, 0.25) is 0 Å². The van der Waals surface area contributed by atoms with Crippen LogP contribution in [0.1, 0.15) is 70.1 Å². The molecule has 5 rings (SSSR count). The highest BCUT2D eigenvalue weighted by Crippen LogP contribution is 2.70. The van der Waals surface area contributed by atoms with Crippen molar-refractivity contribution in [1.82, 2.24) is 14.5 Å². The summed E-state index contributed by atoms with van der Waals surface area (Å²) in [4.78, 5) is 25.2. The molecule has 2 heterocycles. The molecule has 2 aliphatic carbocycles. The van der Waals surface area contributed by atoms with Gasteiger partial charge in [-0.05, 0) is 78.5 Å². The van der Waals surface area contributed by atoms with Crippen LogP contribution in [0, 0.1) is 29.6 Å². The Hall–Kier alpha value is -2.08. The van der Waals surface area contributed by atoms with Crippen LogP contribution in [0.5, 0.6) is 0 Å². The second kappa shape index (κ2) is 7.21. The quantitative estimate of drug-likeness (QED) is 0.784. The van der Waals surface area contributed by atoms with Crippen molar-refractivity contribution in [2.75, 3.05) is 6.61 Å². The maximum atomic E-state index is 12.7. The van der Waals surface area contributed by atoms with Gasteiger partial charge in [0.2, 0.25) is 5.91 Å². The minimum atomic E-state index is -0.00189. The first kappa shape index (κ1) is 21.7. The van der Waals surface area contributed by atoms with Gasteiger partial charge in [0.05, 0.1) is 17.1 Å². The van der Waals surface area contributed by atoms with Crippen LogP contribution in [0.25, 0.3) is 11.0 Å². The number of hydrogen-bond donors (Lipinski definition) is 1. The number of nitrogens with zero attached hydrogens (tertiary/aromatic N) is 2. The third-order valence-electron chi connectivity index (χ3n) is 9.25. The monoisotopic (exact) mass is 439 g/mol. The minimum Gasteiger partial charge on any atom is -0.373 e. The Labute approximate surface area is 190 Å². The summed E-state index contributed by atoms with van der Waals surface area (Å²) in [6.07, 6.45) is 4.80. The van der Waals surface area contributed by atoms with Crippen LogP contribution in [0.4, 0.5) is 0 Å². The van der Waals surface area contributed by atoms with Crippen LogP contribution in [0.3, 0.4) is 0 Å². The van der Waals surface area contributed by atoms with Crippen LogP contribution in [-0.2, 0) is 23.6 Å². The molecule has 1 aliphatic heterocycles. The number of hydrogen-bond acceptors (Lipinski definition) is 3. The average molecular weight is 440 g/mol. The Morgan fingerprint density at radius 2 is 1.91 bits per heavy atom. The molecule has 1 unspecified atom stereocenters. The largest absolute Gasteiger partial charge is 0.373 e. The number of carbonyl (C=O) groups is 1. The van der Waals surface area contributed by atoms with Crippen molar-refractivity contribution < 1.29 is 9.53 Å². The maximum absolute atomic E-state index is 12.7. The van der Waals surface area contributed by atoms with E-state index in [0.29, 0.717) is 18.3 Å². The van der Waals surface area contributed by atoms with Crippen molar-refractivity contribution in [3.63, 3.8) is 0 Å². The summed E-state index contributed by atoms with van der Waals surface area (Å²) in [7, 11) is 3.67. The molecular formula is C26H37N3O3. The Bertz CT molecular complexity index is 1140. The zero-order valence-corrected chi connectivity index (χ0v) is 20.3. The Balaban J connectivity index is 1.56. The number of ether oxygens (including phenoxy) is 1. The number of aromatic nitrogens is 2. The lowest BCUT2D eigenvalue weighted by molar-refractivity contribution is -0.137. The van der Waals surface area contributed by atoms with E-state index in [1.807, 2.05) is 14.1 Å². The van der Waals surface area contributed by atoms with Gasteiger partial charge in [0, 0.05) is 33.2 Å². The zero-order chi connectivity index (χ0) is 23.0. The van der Waals surface area contributed by atoms with Gasteiger partial charge in [0.15, 0.2) is 0 Å². The Morgan fingerprint density at radius 3 is 2.59 bits per heavy atom. The van der Waals surface area contributed by atoms with E-state index in [4.69, 9.17) is 4.74 Å². The highest BCUT2D eigenvalue weighted by molar-refractivity contribution is 5.78. The molecule has 6 heteroatoms. The van der Waals surface area contributed by atoms with Crippen molar-refractivity contribution in [2.24, 2.45) is 36.8 Å². The lowest BCUT2D eigenvalue weighted by atomic mass is 9.58. The van der Waals surface area contributed by atoms with Gasteiger partial charge in [-0.3, -0.25) is 13.9 Å².